The highest BCUT2D eigenvalue weighted by Gasteiger charge is 2.31. The van der Waals surface area contributed by atoms with E-state index >= 15 is 0 Å². The number of hydrogen-bond donors (Lipinski definition) is 1. The van der Waals surface area contributed by atoms with E-state index in [1.165, 1.54) is 0 Å². The summed E-state index contributed by atoms with van der Waals surface area (Å²) in [6.07, 6.45) is 1.67. The molecule has 0 unspecified atom stereocenters. The van der Waals surface area contributed by atoms with Crippen molar-refractivity contribution in [3.8, 4) is 5.69 Å². The third kappa shape index (κ3) is 3.49. The summed E-state index contributed by atoms with van der Waals surface area (Å²) >= 11 is 0. The predicted octanol–water partition coefficient (Wildman–Crippen LogP) is 2.16. The quantitative estimate of drug-likeness (QED) is 0.895. The first kappa shape index (κ1) is 18.2. The maximum atomic E-state index is 12.7. The predicted molar refractivity (Wildman–Crippen MR) is 100 cm³/mol. The maximum Gasteiger partial charge on any atom is 0.242 e. The monoisotopic (exact) mass is 354 g/mol. The number of hydrogen-bond acceptors (Lipinski definition) is 3. The molecule has 1 aromatic carbocycles. The Morgan fingerprint density at radius 2 is 2.00 bits per heavy atom. The Balaban J connectivity index is 1.73. The fourth-order valence-corrected chi connectivity index (χ4v) is 3.65. The van der Waals surface area contributed by atoms with E-state index in [1.807, 2.05) is 55.8 Å². The molecule has 1 fully saturated rings. The summed E-state index contributed by atoms with van der Waals surface area (Å²) in [4.78, 5) is 26.4. The zero-order chi connectivity index (χ0) is 18.7. The number of aromatic nitrogens is 2. The van der Waals surface area contributed by atoms with Crippen LogP contribution in [0.4, 0.5) is 0 Å². The molecule has 138 valence electrons. The molecule has 6 heteroatoms. The third-order valence-corrected chi connectivity index (χ3v) is 5.07. The molecule has 1 N–H and O–H groups in total. The molecule has 0 bridgehead atoms. The van der Waals surface area contributed by atoms with Crippen molar-refractivity contribution in [2.24, 2.45) is 0 Å². The van der Waals surface area contributed by atoms with Gasteiger partial charge in [0.1, 0.15) is 6.04 Å². The lowest BCUT2D eigenvalue weighted by molar-refractivity contribution is -0.143. The van der Waals surface area contributed by atoms with Gasteiger partial charge in [-0.2, -0.15) is 5.10 Å². The van der Waals surface area contributed by atoms with Gasteiger partial charge in [-0.3, -0.25) is 9.59 Å². The molecule has 6 nitrogen and oxygen atoms in total. The van der Waals surface area contributed by atoms with Crippen molar-refractivity contribution in [2.45, 2.75) is 46.1 Å². The van der Waals surface area contributed by atoms with Gasteiger partial charge in [-0.25, -0.2) is 4.68 Å². The summed E-state index contributed by atoms with van der Waals surface area (Å²) in [5, 5.41) is 7.48. The van der Waals surface area contributed by atoms with E-state index in [0.717, 1.165) is 22.6 Å². The van der Waals surface area contributed by atoms with Crippen molar-refractivity contribution in [1.29, 1.82) is 0 Å². The molecule has 0 radical (unpaired) electrons. The van der Waals surface area contributed by atoms with Crippen LogP contribution in [0.5, 0.6) is 0 Å². The van der Waals surface area contributed by atoms with Gasteiger partial charge in [-0.1, -0.05) is 25.1 Å². The van der Waals surface area contributed by atoms with Crippen molar-refractivity contribution in [1.82, 2.24) is 20.0 Å². The lowest BCUT2D eigenvalue weighted by Crippen LogP contribution is -2.56. The number of carbonyl (C=O) groups is 2. The van der Waals surface area contributed by atoms with Gasteiger partial charge in [-0.15, -0.1) is 0 Å². The first-order valence-corrected chi connectivity index (χ1v) is 9.20. The van der Waals surface area contributed by atoms with Crippen LogP contribution < -0.4 is 5.32 Å². The molecule has 1 atom stereocenters. The van der Waals surface area contributed by atoms with E-state index in [-0.39, 0.29) is 17.9 Å². The molecule has 2 heterocycles. The largest absolute Gasteiger partial charge is 0.353 e. The number of piperazine rings is 1. The number of nitrogens with zero attached hydrogens (tertiary/aromatic N) is 3. The molecule has 0 aliphatic carbocycles. The molecule has 2 amide bonds. The van der Waals surface area contributed by atoms with E-state index in [1.54, 1.807) is 4.90 Å². The fraction of sp³-hybridized carbons (Fsp3) is 0.450. The molecule has 0 saturated carbocycles. The smallest absolute Gasteiger partial charge is 0.242 e. The zero-order valence-corrected chi connectivity index (χ0v) is 15.7. The molecule has 2 aromatic rings. The van der Waals surface area contributed by atoms with Crippen molar-refractivity contribution in [2.75, 3.05) is 13.1 Å². The second kappa shape index (κ2) is 7.72. The van der Waals surface area contributed by atoms with E-state index < -0.39 is 0 Å². The lowest BCUT2D eigenvalue weighted by atomic mass is 10.0. The minimum Gasteiger partial charge on any atom is -0.353 e. The Morgan fingerprint density at radius 1 is 1.27 bits per heavy atom. The normalized spacial score (nSPS) is 17.3. The van der Waals surface area contributed by atoms with Crippen LogP contribution in [0.2, 0.25) is 0 Å². The summed E-state index contributed by atoms with van der Waals surface area (Å²) in [6.45, 7) is 7.08. The Labute approximate surface area is 154 Å². The summed E-state index contributed by atoms with van der Waals surface area (Å²) in [7, 11) is 0. The summed E-state index contributed by atoms with van der Waals surface area (Å²) in [5.74, 6) is -0.00526. The van der Waals surface area contributed by atoms with Crippen molar-refractivity contribution >= 4 is 11.8 Å². The van der Waals surface area contributed by atoms with Crippen molar-refractivity contribution in [3.63, 3.8) is 0 Å². The van der Waals surface area contributed by atoms with Crippen LogP contribution in [0.25, 0.3) is 5.69 Å². The summed E-state index contributed by atoms with van der Waals surface area (Å²) in [6, 6.07) is 9.65. The number of carbonyl (C=O) groups excluding carboxylic acids is 2. The first-order valence-electron chi connectivity index (χ1n) is 9.20. The molecule has 1 aliphatic rings. The Kier molecular flexibility index (Phi) is 5.40. The zero-order valence-electron chi connectivity index (χ0n) is 15.7. The number of amides is 2. The third-order valence-electron chi connectivity index (χ3n) is 5.07. The highest BCUT2D eigenvalue weighted by molar-refractivity contribution is 5.88. The van der Waals surface area contributed by atoms with Gasteiger partial charge >= 0.3 is 0 Å². The van der Waals surface area contributed by atoms with Gasteiger partial charge in [-0.05, 0) is 44.4 Å². The van der Waals surface area contributed by atoms with E-state index in [4.69, 9.17) is 0 Å². The highest BCUT2D eigenvalue weighted by Crippen LogP contribution is 2.20. The van der Waals surface area contributed by atoms with Crippen LogP contribution in [-0.2, 0) is 16.0 Å². The van der Waals surface area contributed by atoms with Gasteiger partial charge in [0.25, 0.3) is 0 Å². The molecule has 3 rings (SSSR count). The molecular formula is C20H26N4O2. The van der Waals surface area contributed by atoms with E-state index in [0.29, 0.717) is 32.4 Å². The molecule has 1 aliphatic heterocycles. The minimum absolute atomic E-state index is 0.0398. The average molecular weight is 354 g/mol. The molecule has 0 spiro atoms. The SMILES string of the molecule is CC[C@H]1C(=O)NCCN1C(=O)CCc1c(C)nn(-c2ccccc2)c1C. The second-order valence-corrected chi connectivity index (χ2v) is 6.70. The van der Waals surface area contributed by atoms with Crippen LogP contribution in [0, 0.1) is 13.8 Å². The number of para-hydroxylation sites is 1. The van der Waals surface area contributed by atoms with E-state index in [9.17, 15) is 9.59 Å². The molecule has 26 heavy (non-hydrogen) atoms. The highest BCUT2D eigenvalue weighted by atomic mass is 16.2. The van der Waals surface area contributed by atoms with Gasteiger partial charge in [0.15, 0.2) is 0 Å². The number of rotatable bonds is 5. The first-order chi connectivity index (χ1) is 12.5. The molecular weight excluding hydrogens is 328 g/mol. The van der Waals surface area contributed by atoms with Crippen LogP contribution in [0.15, 0.2) is 30.3 Å². The second-order valence-electron chi connectivity index (χ2n) is 6.70. The topological polar surface area (TPSA) is 67.2 Å². The molecule has 1 saturated heterocycles. The standard InChI is InChI=1S/C20H26N4O2/c1-4-18-20(26)21-12-13-23(18)19(25)11-10-17-14(2)22-24(15(17)3)16-8-6-5-7-9-16/h5-9,18H,4,10-13H2,1-3H3,(H,21,26)/t18-/m0/s1. The van der Waals surface area contributed by atoms with Gasteiger partial charge < -0.3 is 10.2 Å². The maximum absolute atomic E-state index is 12.7. The Hall–Kier alpha value is -2.63. The van der Waals surface area contributed by atoms with Crippen LogP contribution in [0.1, 0.15) is 36.7 Å². The Morgan fingerprint density at radius 3 is 2.69 bits per heavy atom. The number of nitrogens with one attached hydrogen (secondary N) is 1. The number of aryl methyl sites for hydroxylation is 1. The van der Waals surface area contributed by atoms with Crippen LogP contribution in [-0.4, -0.2) is 45.6 Å². The number of benzene rings is 1. The summed E-state index contributed by atoms with van der Waals surface area (Å²) < 4.78 is 1.93. The van der Waals surface area contributed by atoms with Crippen LogP contribution >= 0.6 is 0 Å². The Bertz CT molecular complexity index is 798. The average Bonchev–Trinajstić information content (AvgIpc) is 2.94. The fourth-order valence-electron chi connectivity index (χ4n) is 3.65. The lowest BCUT2D eigenvalue weighted by Gasteiger charge is -2.34. The van der Waals surface area contributed by atoms with E-state index in [2.05, 4.69) is 10.4 Å². The van der Waals surface area contributed by atoms with Crippen LogP contribution in [0.3, 0.4) is 0 Å². The van der Waals surface area contributed by atoms with Crippen molar-refractivity contribution < 1.29 is 9.59 Å². The van der Waals surface area contributed by atoms with Gasteiger partial charge in [0.05, 0.1) is 11.4 Å². The van der Waals surface area contributed by atoms with Crippen molar-refractivity contribution in [3.05, 3.63) is 47.3 Å². The van der Waals surface area contributed by atoms with Gasteiger partial charge in [0.2, 0.25) is 11.8 Å². The minimum atomic E-state index is -0.342. The summed E-state index contributed by atoms with van der Waals surface area (Å²) in [5.41, 5.74) is 4.13. The molecule has 1 aromatic heterocycles. The van der Waals surface area contributed by atoms with Gasteiger partial charge in [0, 0.05) is 25.2 Å².